The highest BCUT2D eigenvalue weighted by Crippen LogP contribution is 2.45. The van der Waals surface area contributed by atoms with E-state index < -0.39 is 17.1 Å². The monoisotopic (exact) mass is 450 g/mol. The summed E-state index contributed by atoms with van der Waals surface area (Å²) in [5.41, 5.74) is 4.27. The Hall–Kier alpha value is -3.04. The minimum Gasteiger partial charge on any atom is -0.493 e. The maximum atomic E-state index is 12.1. The lowest BCUT2D eigenvalue weighted by Crippen LogP contribution is -2.33. The van der Waals surface area contributed by atoms with E-state index >= 15 is 0 Å². The second-order valence-corrected chi connectivity index (χ2v) is 7.80. The van der Waals surface area contributed by atoms with Crippen molar-refractivity contribution in [3.05, 3.63) is 60.8 Å². The lowest BCUT2D eigenvalue weighted by molar-refractivity contribution is 0.427. The van der Waals surface area contributed by atoms with Crippen molar-refractivity contribution in [2.45, 2.75) is 25.7 Å². The van der Waals surface area contributed by atoms with Crippen LogP contribution in [0.4, 0.5) is 5.82 Å². The molecule has 1 unspecified atom stereocenters. The van der Waals surface area contributed by atoms with E-state index in [9.17, 15) is 14.7 Å². The molecule has 0 amide bonds. The van der Waals surface area contributed by atoms with E-state index in [4.69, 9.17) is 35.0 Å². The molecule has 0 spiro atoms. The first-order valence-electron chi connectivity index (χ1n) is 9.52. The average Bonchev–Trinajstić information content (AvgIpc) is 3.57. The van der Waals surface area contributed by atoms with Crippen LogP contribution in [-0.2, 0) is 0 Å². The smallest absolute Gasteiger partial charge is 0.349 e. The van der Waals surface area contributed by atoms with E-state index in [2.05, 4.69) is 10.1 Å². The molecular formula is C19H17Cl2N5O4. The van der Waals surface area contributed by atoms with E-state index in [0.717, 1.165) is 17.5 Å². The zero-order valence-corrected chi connectivity index (χ0v) is 17.2. The third kappa shape index (κ3) is 3.86. The van der Waals surface area contributed by atoms with Crippen LogP contribution in [-0.4, -0.2) is 24.9 Å². The Labute approximate surface area is 181 Å². The Bertz CT molecular complexity index is 1310. The Balaban J connectivity index is 1.74. The molecule has 1 aliphatic rings. The first-order valence-corrected chi connectivity index (χ1v) is 9.77. The minimum atomic E-state index is -0.907. The van der Waals surface area contributed by atoms with Gasteiger partial charge in [-0.05, 0) is 42.9 Å². The molecule has 9 nitrogen and oxygen atoms in total. The van der Waals surface area contributed by atoms with Crippen molar-refractivity contribution >= 4 is 29.0 Å². The maximum Gasteiger partial charge on any atom is 0.349 e. The van der Waals surface area contributed by atoms with Crippen LogP contribution in [0, 0.1) is 5.92 Å². The summed E-state index contributed by atoms with van der Waals surface area (Å²) in [6.45, 7) is 2.01. The van der Waals surface area contributed by atoms with Crippen molar-refractivity contribution in [1.82, 2.24) is 19.7 Å². The molecule has 1 aromatic carbocycles. The van der Waals surface area contributed by atoms with Crippen LogP contribution in [0.2, 0.25) is 10.0 Å². The molecule has 2 aromatic heterocycles. The number of hydrogen-bond donors (Lipinski definition) is 3. The number of rotatable bonds is 5. The zero-order valence-electron chi connectivity index (χ0n) is 16.6. The summed E-state index contributed by atoms with van der Waals surface area (Å²) >= 11 is 12.6. The highest BCUT2D eigenvalue weighted by atomic mass is 35.5. The van der Waals surface area contributed by atoms with Gasteiger partial charge in [0.1, 0.15) is 5.75 Å². The van der Waals surface area contributed by atoms with Gasteiger partial charge in [-0.15, -0.1) is 5.10 Å². The van der Waals surface area contributed by atoms with Gasteiger partial charge in [0.25, 0.3) is 5.56 Å². The largest absolute Gasteiger partial charge is 0.493 e. The minimum absolute atomic E-state index is 0.0145. The molecule has 0 bridgehead atoms. The van der Waals surface area contributed by atoms with E-state index in [1.165, 1.54) is 12.3 Å². The van der Waals surface area contributed by atoms with Crippen molar-refractivity contribution in [2.75, 3.05) is 5.73 Å². The molecule has 0 radical (unpaired) electrons. The molecule has 3 aromatic rings. The van der Waals surface area contributed by atoms with Crippen molar-refractivity contribution in [3.8, 4) is 23.1 Å². The number of nitrogen functional groups attached to an aromatic ring is 1. The van der Waals surface area contributed by atoms with Crippen LogP contribution in [0.1, 0.15) is 32.6 Å². The number of aromatic nitrogens is 4. The summed E-state index contributed by atoms with van der Waals surface area (Å²) in [7, 11) is 0. The summed E-state index contributed by atoms with van der Waals surface area (Å²) in [4.78, 5) is 29.5. The molecule has 4 rings (SSSR count). The van der Waals surface area contributed by atoms with Crippen molar-refractivity contribution in [3.63, 3.8) is 0 Å². The van der Waals surface area contributed by atoms with Crippen molar-refractivity contribution < 1.29 is 11.2 Å². The van der Waals surface area contributed by atoms with E-state index in [1.807, 2.05) is 11.9 Å². The number of hydrogen-bond acceptors (Lipinski definition) is 7. The molecule has 1 fully saturated rings. The topological polar surface area (TPSA) is 136 Å². The standard InChI is InChI=1S/C19H17Cl2N5O4/c1-8(9-2-3-9)12-6-11(7-23-17(12)27)30-15-13(20)4-10(5-14(15)21)26-19(29)24-18(28)16(22)25-26/h4-9H,2-3H2,1H3,(H2,22,25)(H,23,27)(H,24,28,29)/i4D. The molecule has 1 saturated carbocycles. The van der Waals surface area contributed by atoms with E-state index in [-0.39, 0.29) is 45.1 Å². The Morgan fingerprint density at radius 2 is 2.10 bits per heavy atom. The van der Waals surface area contributed by atoms with Crippen LogP contribution in [0.15, 0.2) is 34.0 Å². The molecule has 1 atom stereocenters. The Kier molecular flexibility index (Phi) is 4.84. The van der Waals surface area contributed by atoms with Gasteiger partial charge < -0.3 is 15.6 Å². The van der Waals surface area contributed by atoms with Crippen LogP contribution in [0.3, 0.4) is 0 Å². The number of nitrogens with two attached hydrogens (primary N) is 1. The van der Waals surface area contributed by atoms with Gasteiger partial charge in [-0.25, -0.2) is 9.78 Å². The molecule has 11 heteroatoms. The number of nitrogens with zero attached hydrogens (tertiary/aromatic N) is 3. The molecule has 4 N–H and O–H groups in total. The average molecular weight is 451 g/mol. The second-order valence-electron chi connectivity index (χ2n) is 7.01. The third-order valence-electron chi connectivity index (χ3n) is 4.91. The highest BCUT2D eigenvalue weighted by Gasteiger charge is 2.31. The van der Waals surface area contributed by atoms with E-state index in [1.54, 1.807) is 6.07 Å². The second kappa shape index (κ2) is 7.66. The highest BCUT2D eigenvalue weighted by molar-refractivity contribution is 6.37. The van der Waals surface area contributed by atoms with Crippen LogP contribution < -0.4 is 21.7 Å². The van der Waals surface area contributed by atoms with Gasteiger partial charge in [-0.3, -0.25) is 9.78 Å². The zero-order chi connectivity index (χ0) is 22.4. The van der Waals surface area contributed by atoms with Gasteiger partial charge in [-0.2, -0.15) is 4.68 Å². The number of pyridine rings is 1. The fraction of sp³-hybridized carbons (Fsp3) is 0.263. The SMILES string of the molecule is [2H]c1c(-n2nc(N)c(=O)[nH]c2=O)cc(Cl)c(Oc2cnc(O)c(C(C)C3CC3)c2)c1Cl. The number of nitrogens with one attached hydrogen (secondary N) is 1. The molecule has 30 heavy (non-hydrogen) atoms. The molecule has 156 valence electrons. The fourth-order valence-corrected chi connectivity index (χ4v) is 3.61. The maximum absolute atomic E-state index is 12.1. The molecule has 1 aliphatic carbocycles. The van der Waals surface area contributed by atoms with Crippen LogP contribution in [0.5, 0.6) is 17.4 Å². The van der Waals surface area contributed by atoms with Crippen LogP contribution in [0.25, 0.3) is 5.69 Å². The first-order chi connectivity index (χ1) is 14.7. The molecular weight excluding hydrogens is 433 g/mol. The molecule has 2 heterocycles. The van der Waals surface area contributed by atoms with Crippen LogP contribution >= 0.6 is 23.2 Å². The predicted octanol–water partition coefficient (Wildman–Crippen LogP) is 3.22. The normalized spacial score (nSPS) is 15.0. The Morgan fingerprint density at radius 1 is 1.37 bits per heavy atom. The van der Waals surface area contributed by atoms with Crippen molar-refractivity contribution in [1.29, 1.82) is 0 Å². The number of anilines is 1. The number of aromatic amines is 1. The lowest BCUT2D eigenvalue weighted by Gasteiger charge is -2.15. The number of halogens is 2. The summed E-state index contributed by atoms with van der Waals surface area (Å²) < 4.78 is 14.8. The number of aromatic hydroxyl groups is 1. The van der Waals surface area contributed by atoms with Gasteiger partial charge in [0.05, 0.1) is 23.3 Å². The van der Waals surface area contributed by atoms with Gasteiger partial charge in [0, 0.05) is 5.56 Å². The summed E-state index contributed by atoms with van der Waals surface area (Å²) in [6, 6.07) is 2.59. The molecule has 0 saturated heterocycles. The summed E-state index contributed by atoms with van der Waals surface area (Å²) in [6.07, 6.45) is 3.50. The summed E-state index contributed by atoms with van der Waals surface area (Å²) in [5, 5.41) is 13.6. The molecule has 0 aliphatic heterocycles. The first kappa shape index (κ1) is 19.0. The number of H-pyrrole nitrogens is 1. The Morgan fingerprint density at radius 3 is 2.80 bits per heavy atom. The quantitative estimate of drug-likeness (QED) is 0.542. The fourth-order valence-electron chi connectivity index (χ4n) is 3.09. The van der Waals surface area contributed by atoms with E-state index in [0.29, 0.717) is 11.5 Å². The number of benzene rings is 1. The van der Waals surface area contributed by atoms with Gasteiger partial charge >= 0.3 is 5.69 Å². The van der Waals surface area contributed by atoms with Gasteiger partial charge in [-0.1, -0.05) is 30.1 Å². The summed E-state index contributed by atoms with van der Waals surface area (Å²) in [5.74, 6) is 0.324. The van der Waals surface area contributed by atoms with Gasteiger partial charge in [0.2, 0.25) is 11.7 Å². The lowest BCUT2D eigenvalue weighted by atomic mass is 9.97. The number of ether oxygens (including phenoxy) is 1. The predicted molar refractivity (Wildman–Crippen MR) is 112 cm³/mol. The van der Waals surface area contributed by atoms with Crippen molar-refractivity contribution in [2.24, 2.45) is 5.92 Å². The van der Waals surface area contributed by atoms with Gasteiger partial charge in [0.15, 0.2) is 5.75 Å². The third-order valence-corrected chi connectivity index (χ3v) is 5.46.